The molecule has 0 radical (unpaired) electrons. The molecule has 0 bridgehead atoms. The van der Waals surface area contributed by atoms with Gasteiger partial charge in [-0.25, -0.2) is 4.79 Å². The summed E-state index contributed by atoms with van der Waals surface area (Å²) in [5.41, 5.74) is -0.189. The Morgan fingerprint density at radius 2 is 1.15 bits per heavy atom. The molecule has 0 atom stereocenters. The van der Waals surface area contributed by atoms with Crippen molar-refractivity contribution in [1.29, 1.82) is 0 Å². The summed E-state index contributed by atoms with van der Waals surface area (Å²) in [4.78, 5) is 78.1. The molecule has 1 aromatic rings. The highest BCUT2D eigenvalue weighted by Crippen LogP contribution is 2.17. The second-order valence-electron chi connectivity index (χ2n) is 10.5. The number of benzene rings is 1. The van der Waals surface area contributed by atoms with E-state index in [9.17, 15) is 49.4 Å². The third-order valence-corrected chi connectivity index (χ3v) is 7.01. The van der Waals surface area contributed by atoms with E-state index in [2.05, 4.69) is 0 Å². The topological polar surface area (TPSA) is 232 Å². The molecule has 1 heterocycles. The summed E-state index contributed by atoms with van der Waals surface area (Å²) in [6, 6.07) is 4.86. The zero-order valence-corrected chi connectivity index (χ0v) is 25.7. The van der Waals surface area contributed by atoms with Crippen molar-refractivity contribution in [2.75, 3.05) is 105 Å². The largest absolute Gasteiger partial charge is 0.549 e. The molecule has 0 aromatic heterocycles. The third-order valence-electron chi connectivity index (χ3n) is 7.01. The van der Waals surface area contributed by atoms with E-state index >= 15 is 0 Å². The van der Waals surface area contributed by atoms with Gasteiger partial charge in [0, 0.05) is 97.3 Å². The minimum atomic E-state index is -1.34. The number of hydrogen-bond acceptors (Lipinski definition) is 16. The van der Waals surface area contributed by atoms with Crippen LogP contribution >= 0.6 is 0 Å². The molecule has 2 rings (SSSR count). The molecule has 1 aliphatic heterocycles. The highest BCUT2D eigenvalue weighted by molar-refractivity contribution is 5.84. The zero-order chi connectivity index (χ0) is 34.1. The fourth-order valence-electron chi connectivity index (χ4n) is 4.62. The number of nitro groups is 1. The Labute approximate surface area is 265 Å². The maximum atomic E-state index is 13.5. The monoisotopic (exact) mass is 651 g/mol. The van der Waals surface area contributed by atoms with Gasteiger partial charge in [0.05, 0.1) is 36.0 Å². The molecule has 18 heteroatoms. The molecule has 1 fully saturated rings. The number of carboxylic acid groups (broad SMARTS) is 3. The zero-order valence-electron chi connectivity index (χ0n) is 25.7. The van der Waals surface area contributed by atoms with E-state index < -0.39 is 60.9 Å². The molecule has 0 aliphatic carbocycles. The van der Waals surface area contributed by atoms with E-state index in [1.54, 1.807) is 21.6 Å². The second kappa shape index (κ2) is 20.0. The molecule has 1 aliphatic rings. The number of non-ortho nitro benzene ring substituents is 1. The SMILES string of the molecule is CCOCCN(CC(=O)Oc1ccc([N+](=O)[O-])cc1)C(=O)CN1CCN(CC(=O)[O-])CCN(CC(=O)[O-])CCN(CC(=O)[O-])CC1. The smallest absolute Gasteiger partial charge is 0.331 e. The van der Waals surface area contributed by atoms with Crippen LogP contribution in [0.4, 0.5) is 5.69 Å². The Morgan fingerprint density at radius 3 is 1.52 bits per heavy atom. The first kappa shape index (κ1) is 38.0. The molecule has 18 nitrogen and oxygen atoms in total. The normalized spacial score (nSPS) is 16.1. The second-order valence-corrected chi connectivity index (χ2v) is 10.5. The number of rotatable bonds is 16. The standard InChI is InChI=1S/C28H42N6O12/c1-2-45-16-15-33(21-28(42)46-23-5-3-22(4-6-23)34(43)44)24(35)17-29-7-9-30(18-25(36)37)11-13-32(20-27(40)41)14-12-31(10-8-29)19-26(38)39/h3-6H,2,7-21H2,1H3,(H,36,37)(H,38,39)(H,40,41)/p-3. The number of ether oxygens (including phenoxy) is 2. The number of amides is 1. The summed E-state index contributed by atoms with van der Waals surface area (Å²) in [5.74, 6) is -5.24. The lowest BCUT2D eigenvalue weighted by molar-refractivity contribution is -0.384. The van der Waals surface area contributed by atoms with Crippen LogP contribution in [0, 0.1) is 10.1 Å². The van der Waals surface area contributed by atoms with Gasteiger partial charge in [-0.2, -0.15) is 0 Å². The maximum absolute atomic E-state index is 13.5. The Kier molecular flexibility index (Phi) is 16.5. The Hall–Kier alpha value is -4.23. The molecular weight excluding hydrogens is 612 g/mol. The number of esters is 1. The van der Waals surface area contributed by atoms with Crippen LogP contribution in [0.5, 0.6) is 5.75 Å². The number of nitrogens with zero attached hydrogens (tertiary/aromatic N) is 6. The quantitative estimate of drug-likeness (QED) is 0.0534. The van der Waals surface area contributed by atoms with Crippen molar-refractivity contribution in [3.8, 4) is 5.75 Å². The van der Waals surface area contributed by atoms with Crippen LogP contribution in [0.1, 0.15) is 6.92 Å². The number of hydrogen-bond donors (Lipinski definition) is 0. The lowest BCUT2D eigenvalue weighted by Gasteiger charge is -2.35. The number of carbonyl (C=O) groups excluding carboxylic acids is 5. The van der Waals surface area contributed by atoms with Gasteiger partial charge in [0.1, 0.15) is 12.3 Å². The van der Waals surface area contributed by atoms with Crippen molar-refractivity contribution < 1.29 is 53.7 Å². The van der Waals surface area contributed by atoms with E-state index in [0.717, 1.165) is 0 Å². The summed E-state index contributed by atoms with van der Waals surface area (Å²) < 4.78 is 10.6. The van der Waals surface area contributed by atoms with Crippen LogP contribution in [-0.2, 0) is 28.7 Å². The predicted octanol–water partition coefficient (Wildman–Crippen LogP) is -5.16. The summed E-state index contributed by atoms with van der Waals surface area (Å²) in [6.07, 6.45) is 0. The molecule has 0 saturated carbocycles. The number of carbonyl (C=O) groups is 5. The van der Waals surface area contributed by atoms with E-state index in [0.29, 0.717) is 6.61 Å². The van der Waals surface area contributed by atoms with E-state index in [1.807, 2.05) is 0 Å². The van der Waals surface area contributed by atoms with Crippen LogP contribution in [0.15, 0.2) is 24.3 Å². The molecule has 46 heavy (non-hydrogen) atoms. The third kappa shape index (κ3) is 15.2. The van der Waals surface area contributed by atoms with E-state index in [1.165, 1.54) is 34.1 Å². The fraction of sp³-hybridized carbons (Fsp3) is 0.607. The summed E-state index contributed by atoms with van der Waals surface area (Å²) >= 11 is 0. The van der Waals surface area contributed by atoms with Crippen molar-refractivity contribution in [2.24, 2.45) is 0 Å². The lowest BCUT2D eigenvalue weighted by Crippen LogP contribution is -2.52. The van der Waals surface area contributed by atoms with Gasteiger partial charge in [0.15, 0.2) is 0 Å². The first-order chi connectivity index (χ1) is 21.9. The van der Waals surface area contributed by atoms with Gasteiger partial charge in [-0.1, -0.05) is 0 Å². The van der Waals surface area contributed by atoms with Crippen LogP contribution in [0.2, 0.25) is 0 Å². The van der Waals surface area contributed by atoms with Crippen LogP contribution in [-0.4, -0.2) is 164 Å². The first-order valence-corrected chi connectivity index (χ1v) is 14.7. The summed E-state index contributed by atoms with van der Waals surface area (Å²) in [6.45, 7) is 1.57. The average Bonchev–Trinajstić information content (AvgIpc) is 2.97. The Balaban J connectivity index is 2.19. The van der Waals surface area contributed by atoms with Crippen LogP contribution in [0.25, 0.3) is 0 Å². The van der Waals surface area contributed by atoms with E-state index in [-0.39, 0.29) is 83.5 Å². The number of nitro benzene ring substituents is 1. The fourth-order valence-corrected chi connectivity index (χ4v) is 4.62. The van der Waals surface area contributed by atoms with Gasteiger partial charge < -0.3 is 44.1 Å². The minimum Gasteiger partial charge on any atom is -0.549 e. The molecule has 0 spiro atoms. The molecule has 0 N–H and O–H groups in total. The van der Waals surface area contributed by atoms with Crippen molar-refractivity contribution in [1.82, 2.24) is 24.5 Å². The lowest BCUT2D eigenvalue weighted by atomic mass is 10.3. The average molecular weight is 652 g/mol. The van der Waals surface area contributed by atoms with Crippen molar-refractivity contribution in [3.05, 3.63) is 34.4 Å². The van der Waals surface area contributed by atoms with Gasteiger partial charge in [0.25, 0.3) is 5.69 Å². The number of aliphatic carboxylic acids is 3. The predicted molar refractivity (Wildman–Crippen MR) is 153 cm³/mol. The molecule has 1 saturated heterocycles. The maximum Gasteiger partial charge on any atom is 0.331 e. The number of carboxylic acids is 3. The molecular formula is C28H39N6O12-3. The highest BCUT2D eigenvalue weighted by Gasteiger charge is 2.23. The first-order valence-electron chi connectivity index (χ1n) is 14.7. The van der Waals surface area contributed by atoms with Gasteiger partial charge in [-0.05, 0) is 19.1 Å². The van der Waals surface area contributed by atoms with Gasteiger partial charge in [0.2, 0.25) is 5.91 Å². The van der Waals surface area contributed by atoms with Gasteiger partial charge in [-0.15, -0.1) is 0 Å². The van der Waals surface area contributed by atoms with Gasteiger partial charge in [-0.3, -0.25) is 34.5 Å². The summed E-state index contributed by atoms with van der Waals surface area (Å²) in [5, 5.41) is 44.9. The summed E-state index contributed by atoms with van der Waals surface area (Å²) in [7, 11) is 0. The highest BCUT2D eigenvalue weighted by atomic mass is 16.6. The van der Waals surface area contributed by atoms with Crippen LogP contribution < -0.4 is 20.1 Å². The molecule has 0 unspecified atom stereocenters. The molecule has 1 aromatic carbocycles. The Morgan fingerprint density at radius 1 is 0.739 bits per heavy atom. The minimum absolute atomic E-state index is 0.0394. The van der Waals surface area contributed by atoms with Crippen molar-refractivity contribution in [2.45, 2.75) is 6.92 Å². The molecule has 1 amide bonds. The van der Waals surface area contributed by atoms with Gasteiger partial charge >= 0.3 is 5.97 Å². The molecule has 256 valence electrons. The van der Waals surface area contributed by atoms with E-state index in [4.69, 9.17) is 9.47 Å². The van der Waals surface area contributed by atoms with Crippen molar-refractivity contribution >= 4 is 35.5 Å². The van der Waals surface area contributed by atoms with Crippen molar-refractivity contribution in [3.63, 3.8) is 0 Å². The van der Waals surface area contributed by atoms with Crippen LogP contribution in [0.3, 0.4) is 0 Å². The Bertz CT molecular complexity index is 1150.